The molecule has 0 atom stereocenters. The van der Waals surface area contributed by atoms with Crippen molar-refractivity contribution in [1.29, 1.82) is 0 Å². The molecule has 0 aliphatic heterocycles. The lowest BCUT2D eigenvalue weighted by molar-refractivity contribution is 0.378. The van der Waals surface area contributed by atoms with E-state index in [1.165, 1.54) is 12.1 Å². The van der Waals surface area contributed by atoms with Crippen molar-refractivity contribution >= 4 is 21.6 Å². The molecule has 1 N–H and O–H groups in total. The van der Waals surface area contributed by atoms with Crippen molar-refractivity contribution in [3.05, 3.63) is 40.0 Å². The van der Waals surface area contributed by atoms with E-state index in [9.17, 15) is 8.78 Å². The maximum absolute atomic E-state index is 13.5. The van der Waals surface area contributed by atoms with E-state index < -0.39 is 11.6 Å². The molecule has 0 unspecified atom stereocenters. The number of aryl methyl sites for hydroxylation is 1. The van der Waals surface area contributed by atoms with Gasteiger partial charge >= 0.3 is 0 Å². The van der Waals surface area contributed by atoms with Crippen LogP contribution in [0.15, 0.2) is 21.1 Å². The average molecular weight is 318 g/mol. The topological polar surface area (TPSA) is 51.0 Å². The molecule has 18 heavy (non-hydrogen) atoms. The first-order valence-corrected chi connectivity index (χ1v) is 6.09. The summed E-state index contributed by atoms with van der Waals surface area (Å²) in [5, 5.41) is 6.28. The molecule has 1 aromatic heterocycles. The molecule has 0 bridgehead atoms. The molecule has 96 valence electrons. The Kier molecular flexibility index (Phi) is 3.90. The summed E-state index contributed by atoms with van der Waals surface area (Å²) < 4.78 is 32.2. The molecular weight excluding hydrogens is 308 g/mol. The fourth-order valence-electron chi connectivity index (χ4n) is 1.38. The van der Waals surface area contributed by atoms with Crippen molar-refractivity contribution in [2.45, 2.75) is 19.9 Å². The van der Waals surface area contributed by atoms with Gasteiger partial charge in [-0.3, -0.25) is 0 Å². The highest BCUT2D eigenvalue weighted by molar-refractivity contribution is 9.10. The van der Waals surface area contributed by atoms with Crippen LogP contribution in [-0.4, -0.2) is 10.1 Å². The second-order valence-electron chi connectivity index (χ2n) is 3.56. The summed E-state index contributed by atoms with van der Waals surface area (Å²) in [6.07, 6.45) is 0.643. The summed E-state index contributed by atoms with van der Waals surface area (Å²) in [4.78, 5) is 4.03. The van der Waals surface area contributed by atoms with Crippen molar-refractivity contribution in [2.75, 3.05) is 5.32 Å². The van der Waals surface area contributed by atoms with Gasteiger partial charge in [-0.15, -0.1) is 0 Å². The van der Waals surface area contributed by atoms with Gasteiger partial charge in [0, 0.05) is 10.9 Å². The Morgan fingerprint density at radius 1 is 1.33 bits per heavy atom. The van der Waals surface area contributed by atoms with E-state index in [0.717, 1.165) is 0 Å². The first kappa shape index (κ1) is 12.9. The predicted molar refractivity (Wildman–Crippen MR) is 65.1 cm³/mol. The number of halogens is 3. The van der Waals surface area contributed by atoms with Crippen LogP contribution in [0.4, 0.5) is 14.5 Å². The second kappa shape index (κ2) is 5.43. The molecule has 7 heteroatoms. The zero-order valence-corrected chi connectivity index (χ0v) is 11.1. The van der Waals surface area contributed by atoms with E-state index in [4.69, 9.17) is 4.52 Å². The quantitative estimate of drug-likeness (QED) is 0.940. The third-order valence-corrected chi connectivity index (χ3v) is 2.71. The minimum absolute atomic E-state index is 0.0719. The summed E-state index contributed by atoms with van der Waals surface area (Å²) in [6, 6.07) is 2.35. The van der Waals surface area contributed by atoms with Crippen LogP contribution < -0.4 is 5.32 Å². The highest BCUT2D eigenvalue weighted by Crippen LogP contribution is 2.24. The van der Waals surface area contributed by atoms with Crippen LogP contribution in [0.25, 0.3) is 0 Å². The van der Waals surface area contributed by atoms with E-state index in [0.29, 0.717) is 16.7 Å². The molecule has 0 saturated carbocycles. The molecule has 0 fully saturated rings. The number of nitrogens with zero attached hydrogens (tertiary/aromatic N) is 2. The Hall–Kier alpha value is -1.50. The number of hydrogen-bond donors (Lipinski definition) is 1. The summed E-state index contributed by atoms with van der Waals surface area (Å²) in [5.74, 6) is -0.522. The normalized spacial score (nSPS) is 10.7. The first-order chi connectivity index (χ1) is 8.60. The third-order valence-electron chi connectivity index (χ3n) is 2.25. The fraction of sp³-hybridized carbons (Fsp3) is 0.273. The lowest BCUT2D eigenvalue weighted by Gasteiger charge is -2.06. The van der Waals surface area contributed by atoms with Crippen molar-refractivity contribution in [2.24, 2.45) is 0 Å². The summed E-state index contributed by atoms with van der Waals surface area (Å²) in [5.41, 5.74) is -0.213. The number of rotatable bonds is 4. The third kappa shape index (κ3) is 2.84. The van der Waals surface area contributed by atoms with Crippen molar-refractivity contribution < 1.29 is 13.3 Å². The summed E-state index contributed by atoms with van der Waals surface area (Å²) >= 11 is 3.01. The maximum Gasteiger partial charge on any atom is 0.245 e. The van der Waals surface area contributed by atoms with Gasteiger partial charge in [0.2, 0.25) is 5.89 Å². The van der Waals surface area contributed by atoms with Gasteiger partial charge in [0.05, 0.1) is 6.54 Å². The Morgan fingerprint density at radius 2 is 2.00 bits per heavy atom. The van der Waals surface area contributed by atoms with E-state index >= 15 is 0 Å². The molecule has 0 amide bonds. The van der Waals surface area contributed by atoms with Gasteiger partial charge in [-0.25, -0.2) is 8.78 Å². The van der Waals surface area contributed by atoms with Crippen LogP contribution in [0.3, 0.4) is 0 Å². The minimum Gasteiger partial charge on any atom is -0.371 e. The number of hydrogen-bond acceptors (Lipinski definition) is 4. The van der Waals surface area contributed by atoms with Gasteiger partial charge in [-0.05, 0) is 12.1 Å². The lowest BCUT2D eigenvalue weighted by atomic mass is 10.3. The maximum atomic E-state index is 13.5. The number of benzene rings is 1. The highest BCUT2D eigenvalue weighted by Gasteiger charge is 2.12. The Balaban J connectivity index is 2.10. The van der Waals surface area contributed by atoms with Crippen LogP contribution in [0.2, 0.25) is 0 Å². The van der Waals surface area contributed by atoms with Gasteiger partial charge in [0.25, 0.3) is 0 Å². The molecule has 1 heterocycles. The lowest BCUT2D eigenvalue weighted by Crippen LogP contribution is -2.04. The molecule has 4 nitrogen and oxygen atoms in total. The molecule has 2 rings (SSSR count). The van der Waals surface area contributed by atoms with Crippen molar-refractivity contribution in [3.63, 3.8) is 0 Å². The van der Waals surface area contributed by atoms with Gasteiger partial charge in [0.15, 0.2) is 5.82 Å². The van der Waals surface area contributed by atoms with Crippen molar-refractivity contribution in [1.82, 2.24) is 10.1 Å². The molecule has 0 aliphatic carbocycles. The molecular formula is C11H10BrF2N3O. The first-order valence-electron chi connectivity index (χ1n) is 5.30. The Morgan fingerprint density at radius 3 is 2.56 bits per heavy atom. The zero-order chi connectivity index (χ0) is 13.1. The number of aromatic nitrogens is 2. The number of anilines is 1. The standard InChI is InChI=1S/C11H10BrF2N3O/c1-2-9-16-10(18-17-9)5-15-11-7(13)3-6(12)4-8(11)14/h3-4,15H,2,5H2,1H3. The molecule has 1 aromatic carbocycles. The van der Waals surface area contributed by atoms with E-state index in [-0.39, 0.29) is 18.1 Å². The smallest absolute Gasteiger partial charge is 0.245 e. The number of nitrogens with one attached hydrogen (secondary N) is 1. The van der Waals surface area contributed by atoms with Gasteiger partial charge in [0.1, 0.15) is 17.3 Å². The predicted octanol–water partition coefficient (Wildman–Crippen LogP) is 3.28. The monoisotopic (exact) mass is 317 g/mol. The Labute approximate surface area is 111 Å². The van der Waals surface area contributed by atoms with Crippen LogP contribution in [-0.2, 0) is 13.0 Å². The van der Waals surface area contributed by atoms with Crippen LogP contribution >= 0.6 is 15.9 Å². The van der Waals surface area contributed by atoms with Gasteiger partial charge < -0.3 is 9.84 Å². The highest BCUT2D eigenvalue weighted by atomic mass is 79.9. The summed E-state index contributed by atoms with van der Waals surface area (Å²) in [6.45, 7) is 1.96. The second-order valence-corrected chi connectivity index (χ2v) is 4.47. The van der Waals surface area contributed by atoms with E-state index in [2.05, 4.69) is 31.4 Å². The minimum atomic E-state index is -0.683. The van der Waals surface area contributed by atoms with Gasteiger partial charge in [-0.1, -0.05) is 28.0 Å². The van der Waals surface area contributed by atoms with Crippen LogP contribution in [0, 0.1) is 11.6 Å². The van der Waals surface area contributed by atoms with Gasteiger partial charge in [-0.2, -0.15) is 4.98 Å². The van der Waals surface area contributed by atoms with Crippen molar-refractivity contribution in [3.8, 4) is 0 Å². The van der Waals surface area contributed by atoms with Crippen LogP contribution in [0.5, 0.6) is 0 Å². The molecule has 0 spiro atoms. The largest absolute Gasteiger partial charge is 0.371 e. The molecule has 0 radical (unpaired) electrons. The van der Waals surface area contributed by atoms with Crippen LogP contribution in [0.1, 0.15) is 18.6 Å². The molecule has 0 aliphatic rings. The zero-order valence-electron chi connectivity index (χ0n) is 9.51. The molecule has 2 aromatic rings. The van der Waals surface area contributed by atoms with E-state index in [1.807, 2.05) is 6.92 Å². The summed E-state index contributed by atoms with van der Waals surface area (Å²) in [7, 11) is 0. The fourth-order valence-corrected chi connectivity index (χ4v) is 1.78. The average Bonchev–Trinajstić information content (AvgIpc) is 2.75. The SMILES string of the molecule is CCc1noc(CNc2c(F)cc(Br)cc2F)n1. The Bertz CT molecular complexity index is 536. The van der Waals surface area contributed by atoms with E-state index in [1.54, 1.807) is 0 Å². The molecule has 0 saturated heterocycles.